The van der Waals surface area contributed by atoms with E-state index in [9.17, 15) is 0 Å². The Morgan fingerprint density at radius 2 is 1.58 bits per heavy atom. The second kappa shape index (κ2) is 6.00. The summed E-state index contributed by atoms with van der Waals surface area (Å²) in [5.74, 6) is 0.653. The van der Waals surface area contributed by atoms with E-state index in [1.54, 1.807) is 0 Å². The van der Waals surface area contributed by atoms with Gasteiger partial charge in [-0.25, -0.2) is 0 Å². The summed E-state index contributed by atoms with van der Waals surface area (Å²) in [6.07, 6.45) is 2.38. The molecule has 1 N–H and O–H groups in total. The van der Waals surface area contributed by atoms with E-state index < -0.39 is 0 Å². The van der Waals surface area contributed by atoms with Crippen molar-refractivity contribution in [1.82, 2.24) is 9.80 Å². The van der Waals surface area contributed by atoms with Gasteiger partial charge in [-0.15, -0.1) is 0 Å². The highest BCUT2D eigenvalue weighted by Gasteiger charge is 1.97. The Hall–Kier alpha value is -0.570. The molecule has 0 aromatic carbocycles. The van der Waals surface area contributed by atoms with Gasteiger partial charge in [-0.1, -0.05) is 0 Å². The third-order valence-corrected chi connectivity index (χ3v) is 1.92. The second-order valence-electron chi connectivity index (χ2n) is 3.52. The first-order valence-corrected chi connectivity index (χ1v) is 4.45. The van der Waals surface area contributed by atoms with Gasteiger partial charge < -0.3 is 9.80 Å². The Morgan fingerprint density at radius 1 is 1.08 bits per heavy atom. The summed E-state index contributed by atoms with van der Waals surface area (Å²) in [6, 6.07) is 0. The Labute approximate surface area is 75.9 Å². The maximum absolute atomic E-state index is 7.34. The van der Waals surface area contributed by atoms with Gasteiger partial charge >= 0.3 is 0 Å². The maximum Gasteiger partial charge on any atom is 0.0923 e. The molecule has 0 saturated heterocycles. The van der Waals surface area contributed by atoms with Gasteiger partial charge in [0.05, 0.1) is 5.84 Å². The molecule has 0 bridgehead atoms. The van der Waals surface area contributed by atoms with E-state index in [1.165, 1.54) is 12.8 Å². The van der Waals surface area contributed by atoms with Gasteiger partial charge in [-0.2, -0.15) is 0 Å². The number of nitrogens with zero attached hydrogens (tertiary/aromatic N) is 2. The van der Waals surface area contributed by atoms with Crippen LogP contribution in [0.4, 0.5) is 0 Å². The van der Waals surface area contributed by atoms with Crippen molar-refractivity contribution in [1.29, 1.82) is 5.41 Å². The minimum atomic E-state index is 0.653. The normalized spacial score (nSPS) is 10.4. The number of hydrogen-bond acceptors (Lipinski definition) is 2. The molecule has 0 aromatic heterocycles. The number of hydrogen-bond donors (Lipinski definition) is 1. The molecule has 0 aliphatic heterocycles. The van der Waals surface area contributed by atoms with Crippen LogP contribution in [-0.4, -0.2) is 49.9 Å². The van der Waals surface area contributed by atoms with E-state index in [2.05, 4.69) is 19.0 Å². The fraction of sp³-hybridized carbons (Fsp3) is 0.889. The molecule has 0 saturated carbocycles. The van der Waals surface area contributed by atoms with E-state index in [0.29, 0.717) is 5.84 Å². The molecule has 0 aliphatic rings. The molecule has 3 heteroatoms. The van der Waals surface area contributed by atoms with Crippen molar-refractivity contribution >= 4 is 5.84 Å². The minimum Gasteiger partial charge on any atom is -0.364 e. The van der Waals surface area contributed by atoms with Crippen molar-refractivity contribution in [2.45, 2.75) is 19.8 Å². The highest BCUT2D eigenvalue weighted by atomic mass is 15.1. The summed E-state index contributed by atoms with van der Waals surface area (Å²) in [5, 5.41) is 7.34. The van der Waals surface area contributed by atoms with Crippen molar-refractivity contribution < 1.29 is 0 Å². The van der Waals surface area contributed by atoms with Gasteiger partial charge in [0, 0.05) is 13.6 Å². The summed E-state index contributed by atoms with van der Waals surface area (Å²) in [6.45, 7) is 3.97. The van der Waals surface area contributed by atoms with Crippen LogP contribution in [0.1, 0.15) is 19.8 Å². The predicted octanol–water partition coefficient (Wildman–Crippen LogP) is 1.26. The van der Waals surface area contributed by atoms with Gasteiger partial charge in [0.25, 0.3) is 0 Å². The van der Waals surface area contributed by atoms with Crippen LogP contribution in [0.2, 0.25) is 0 Å². The minimum absolute atomic E-state index is 0.653. The van der Waals surface area contributed by atoms with E-state index in [-0.39, 0.29) is 0 Å². The number of amidine groups is 1. The van der Waals surface area contributed by atoms with Crippen molar-refractivity contribution in [3.8, 4) is 0 Å². The molecule has 0 spiro atoms. The molecule has 0 radical (unpaired) electrons. The lowest BCUT2D eigenvalue weighted by Crippen LogP contribution is -2.25. The highest BCUT2D eigenvalue weighted by molar-refractivity contribution is 5.75. The lowest BCUT2D eigenvalue weighted by atomic mass is 10.3. The van der Waals surface area contributed by atoms with Crippen LogP contribution in [0, 0.1) is 5.41 Å². The molecule has 0 atom stereocenters. The average molecular weight is 171 g/mol. The first kappa shape index (κ1) is 11.4. The zero-order valence-electron chi connectivity index (χ0n) is 8.72. The second-order valence-corrected chi connectivity index (χ2v) is 3.52. The Bertz CT molecular complexity index is 132. The van der Waals surface area contributed by atoms with Gasteiger partial charge in [-0.3, -0.25) is 5.41 Å². The van der Waals surface area contributed by atoms with Crippen molar-refractivity contribution in [2.75, 3.05) is 34.2 Å². The molecule has 0 heterocycles. The van der Waals surface area contributed by atoms with Crippen LogP contribution < -0.4 is 0 Å². The topological polar surface area (TPSA) is 30.3 Å². The van der Waals surface area contributed by atoms with Crippen LogP contribution in [0.25, 0.3) is 0 Å². The molecule has 3 nitrogen and oxygen atoms in total. The monoisotopic (exact) mass is 171 g/mol. The van der Waals surface area contributed by atoms with Crippen LogP contribution >= 0.6 is 0 Å². The van der Waals surface area contributed by atoms with Crippen molar-refractivity contribution in [2.24, 2.45) is 0 Å². The summed E-state index contributed by atoms with van der Waals surface area (Å²) in [5.41, 5.74) is 0. The van der Waals surface area contributed by atoms with E-state index in [4.69, 9.17) is 5.41 Å². The molecule has 12 heavy (non-hydrogen) atoms. The molecular formula is C9H21N3. The zero-order valence-corrected chi connectivity index (χ0v) is 8.72. The number of nitrogens with one attached hydrogen (secondary N) is 1. The van der Waals surface area contributed by atoms with Crippen LogP contribution in [0.5, 0.6) is 0 Å². The largest absolute Gasteiger partial charge is 0.364 e. The third-order valence-electron chi connectivity index (χ3n) is 1.92. The SMILES string of the molecule is CC(=N)N(C)CCCCN(C)C. The summed E-state index contributed by atoms with van der Waals surface area (Å²) in [7, 11) is 6.15. The van der Waals surface area contributed by atoms with Crippen LogP contribution in [0.15, 0.2) is 0 Å². The average Bonchev–Trinajstić information content (AvgIpc) is 1.97. The molecule has 72 valence electrons. The fourth-order valence-corrected chi connectivity index (χ4v) is 0.945. The lowest BCUT2D eigenvalue weighted by Gasteiger charge is -2.17. The van der Waals surface area contributed by atoms with E-state index in [1.807, 2.05) is 18.9 Å². The van der Waals surface area contributed by atoms with E-state index in [0.717, 1.165) is 13.1 Å². The maximum atomic E-state index is 7.34. The Kier molecular flexibility index (Phi) is 5.72. The third kappa shape index (κ3) is 6.16. The molecule has 0 fully saturated rings. The molecule has 0 aromatic rings. The molecular weight excluding hydrogens is 150 g/mol. The lowest BCUT2D eigenvalue weighted by molar-refractivity contribution is 0.377. The Morgan fingerprint density at radius 3 is 2.00 bits per heavy atom. The molecule has 0 rings (SSSR count). The fourth-order valence-electron chi connectivity index (χ4n) is 0.945. The smallest absolute Gasteiger partial charge is 0.0923 e. The van der Waals surface area contributed by atoms with Crippen molar-refractivity contribution in [3.05, 3.63) is 0 Å². The summed E-state index contributed by atoms with van der Waals surface area (Å²) < 4.78 is 0. The number of unbranched alkanes of at least 4 members (excludes halogenated alkanes) is 1. The quantitative estimate of drug-likeness (QED) is 0.383. The number of rotatable bonds is 5. The van der Waals surface area contributed by atoms with E-state index >= 15 is 0 Å². The molecule has 0 aliphatic carbocycles. The first-order chi connectivity index (χ1) is 5.54. The van der Waals surface area contributed by atoms with Gasteiger partial charge in [0.1, 0.15) is 0 Å². The predicted molar refractivity (Wildman–Crippen MR) is 53.8 cm³/mol. The van der Waals surface area contributed by atoms with Crippen LogP contribution in [0.3, 0.4) is 0 Å². The highest BCUT2D eigenvalue weighted by Crippen LogP contribution is 1.94. The van der Waals surface area contributed by atoms with Gasteiger partial charge in [0.15, 0.2) is 0 Å². The van der Waals surface area contributed by atoms with Crippen molar-refractivity contribution in [3.63, 3.8) is 0 Å². The summed E-state index contributed by atoms with van der Waals surface area (Å²) in [4.78, 5) is 4.17. The molecule has 0 unspecified atom stereocenters. The van der Waals surface area contributed by atoms with Gasteiger partial charge in [-0.05, 0) is 40.4 Å². The standard InChI is InChI=1S/C9H21N3/c1-9(10)12(4)8-6-5-7-11(2)3/h10H,5-8H2,1-4H3. The molecule has 0 amide bonds. The summed E-state index contributed by atoms with van der Waals surface area (Å²) >= 11 is 0. The van der Waals surface area contributed by atoms with Crippen LogP contribution in [-0.2, 0) is 0 Å². The first-order valence-electron chi connectivity index (χ1n) is 4.45. The Balaban J connectivity index is 3.25. The zero-order chi connectivity index (χ0) is 9.56. The van der Waals surface area contributed by atoms with Gasteiger partial charge in [0.2, 0.25) is 0 Å².